The maximum atomic E-state index is 12.4. The van der Waals surface area contributed by atoms with Gasteiger partial charge in [-0.25, -0.2) is 4.98 Å². The van der Waals surface area contributed by atoms with Crippen molar-refractivity contribution in [1.82, 2.24) is 9.97 Å². The monoisotopic (exact) mass is 254 g/mol. The summed E-state index contributed by atoms with van der Waals surface area (Å²) in [6, 6.07) is 5.68. The summed E-state index contributed by atoms with van der Waals surface area (Å²) in [5, 5.41) is 0. The largest absolute Gasteiger partial charge is 0.497 e. The lowest BCUT2D eigenvalue weighted by Crippen LogP contribution is -2.14. The number of allylic oxidation sites excluding steroid dienone is 1. The van der Waals surface area contributed by atoms with Crippen molar-refractivity contribution in [2.45, 2.75) is 12.8 Å². The van der Waals surface area contributed by atoms with Gasteiger partial charge < -0.3 is 9.72 Å². The number of imidazole rings is 1. The van der Waals surface area contributed by atoms with Gasteiger partial charge in [-0.2, -0.15) is 0 Å². The van der Waals surface area contributed by atoms with Crippen molar-refractivity contribution in [2.75, 3.05) is 7.11 Å². The number of benzene rings is 1. The van der Waals surface area contributed by atoms with Gasteiger partial charge >= 0.3 is 0 Å². The van der Waals surface area contributed by atoms with Crippen molar-refractivity contribution in [3.8, 4) is 5.75 Å². The van der Waals surface area contributed by atoms with E-state index in [4.69, 9.17) is 4.74 Å². The number of hydrogen-bond donors (Lipinski definition) is 1. The number of hydrogen-bond acceptors (Lipinski definition) is 3. The predicted molar refractivity (Wildman–Crippen MR) is 72.2 cm³/mol. The summed E-state index contributed by atoms with van der Waals surface area (Å²) < 4.78 is 5.18. The summed E-state index contributed by atoms with van der Waals surface area (Å²) in [4.78, 5) is 19.5. The Labute approximate surface area is 111 Å². The van der Waals surface area contributed by atoms with Crippen LogP contribution in [0.1, 0.15) is 28.0 Å². The van der Waals surface area contributed by atoms with Crippen LogP contribution in [0.4, 0.5) is 0 Å². The summed E-state index contributed by atoms with van der Waals surface area (Å²) in [6.07, 6.45) is 6.87. The van der Waals surface area contributed by atoms with E-state index in [2.05, 4.69) is 9.97 Å². The van der Waals surface area contributed by atoms with Gasteiger partial charge in [0.2, 0.25) is 0 Å². The number of nitrogens with one attached hydrogen (secondary N) is 1. The van der Waals surface area contributed by atoms with Gasteiger partial charge in [-0.15, -0.1) is 0 Å². The maximum Gasteiger partial charge on any atom is 0.189 e. The van der Waals surface area contributed by atoms with Crippen LogP contribution in [0, 0.1) is 0 Å². The van der Waals surface area contributed by atoms with Crippen molar-refractivity contribution >= 4 is 11.9 Å². The topological polar surface area (TPSA) is 55.0 Å². The molecule has 0 aliphatic heterocycles. The molecule has 3 rings (SSSR count). The third-order valence-electron chi connectivity index (χ3n) is 3.36. The Morgan fingerprint density at radius 3 is 3.00 bits per heavy atom. The van der Waals surface area contributed by atoms with Crippen LogP contribution in [0.3, 0.4) is 0 Å². The van der Waals surface area contributed by atoms with E-state index in [1.807, 2.05) is 24.3 Å². The Bertz CT molecular complexity index is 642. The number of ketones is 1. The first-order chi connectivity index (χ1) is 9.28. The number of rotatable bonds is 2. The summed E-state index contributed by atoms with van der Waals surface area (Å²) in [5.41, 5.74) is 3.42. The van der Waals surface area contributed by atoms with Gasteiger partial charge in [0.15, 0.2) is 5.78 Å². The van der Waals surface area contributed by atoms with Gasteiger partial charge in [0.25, 0.3) is 0 Å². The molecule has 1 aromatic carbocycles. The minimum absolute atomic E-state index is 0.0724. The molecule has 1 aliphatic rings. The second-order valence-corrected chi connectivity index (χ2v) is 4.52. The number of H-pyrrole nitrogens is 1. The third kappa shape index (κ3) is 2.17. The van der Waals surface area contributed by atoms with Crippen molar-refractivity contribution in [3.05, 3.63) is 53.1 Å². The predicted octanol–water partition coefficient (Wildman–Crippen LogP) is 2.63. The average molecular weight is 254 g/mol. The molecule has 4 nitrogen and oxygen atoms in total. The Balaban J connectivity index is 1.99. The number of aryl methyl sites for hydroxylation is 1. The van der Waals surface area contributed by atoms with Gasteiger partial charge in [-0.1, -0.05) is 6.07 Å². The molecule has 2 aromatic rings. The number of carbonyl (C=O) groups excluding carboxylic acids is 1. The highest BCUT2D eigenvalue weighted by molar-refractivity contribution is 6.13. The van der Waals surface area contributed by atoms with E-state index in [0.29, 0.717) is 5.75 Å². The van der Waals surface area contributed by atoms with E-state index in [0.717, 1.165) is 35.2 Å². The van der Waals surface area contributed by atoms with E-state index in [1.54, 1.807) is 19.6 Å². The van der Waals surface area contributed by atoms with E-state index < -0.39 is 0 Å². The highest BCUT2D eigenvalue weighted by atomic mass is 16.5. The number of aromatic amines is 1. The normalized spacial score (nSPS) is 16.5. The standard InChI is InChI=1S/C15H14N2O2/c1-19-13-5-4-10-2-3-11(15(18)14(10)7-13)6-12-8-16-9-17-12/h4-9H,2-3H2,1H3,(H,16,17)/b11-6+. The minimum atomic E-state index is 0.0724. The molecular weight excluding hydrogens is 240 g/mol. The highest BCUT2D eigenvalue weighted by Gasteiger charge is 2.22. The molecule has 4 heteroatoms. The molecular formula is C15H14N2O2. The number of aromatic nitrogens is 2. The van der Waals surface area contributed by atoms with Crippen LogP contribution < -0.4 is 4.74 Å². The molecule has 0 saturated carbocycles. The molecule has 1 aliphatic carbocycles. The number of ether oxygens (including phenoxy) is 1. The number of fused-ring (bicyclic) bond motifs is 1. The molecule has 1 heterocycles. The molecule has 96 valence electrons. The number of methoxy groups -OCH3 is 1. The first-order valence-electron chi connectivity index (χ1n) is 6.19. The molecule has 1 N–H and O–H groups in total. The van der Waals surface area contributed by atoms with Crippen LogP contribution in [-0.2, 0) is 6.42 Å². The fourth-order valence-electron chi connectivity index (χ4n) is 2.33. The lowest BCUT2D eigenvalue weighted by Gasteiger charge is -2.17. The van der Waals surface area contributed by atoms with E-state index in [9.17, 15) is 4.79 Å². The smallest absolute Gasteiger partial charge is 0.189 e. The molecule has 0 atom stereocenters. The molecule has 0 spiro atoms. The highest BCUT2D eigenvalue weighted by Crippen LogP contribution is 2.29. The molecule has 0 saturated heterocycles. The Morgan fingerprint density at radius 1 is 1.37 bits per heavy atom. The SMILES string of the molecule is COc1ccc2c(c1)C(=O)/C(=C/c1c[nH]cn1)CC2. The lowest BCUT2D eigenvalue weighted by molar-refractivity contribution is 0.102. The molecule has 0 unspecified atom stereocenters. The fraction of sp³-hybridized carbons (Fsp3) is 0.200. The molecule has 0 radical (unpaired) electrons. The second kappa shape index (κ2) is 4.72. The number of Topliss-reactive ketones (excluding diaryl/α,β-unsaturated/α-hetero) is 1. The summed E-state index contributed by atoms with van der Waals surface area (Å²) in [7, 11) is 1.61. The van der Waals surface area contributed by atoms with Crippen LogP contribution in [0.25, 0.3) is 6.08 Å². The molecule has 0 amide bonds. The van der Waals surface area contributed by atoms with Crippen LogP contribution in [0.5, 0.6) is 5.75 Å². The van der Waals surface area contributed by atoms with E-state index >= 15 is 0 Å². The van der Waals surface area contributed by atoms with E-state index in [1.165, 1.54) is 0 Å². The van der Waals surface area contributed by atoms with Gasteiger partial charge in [0.05, 0.1) is 19.1 Å². The third-order valence-corrected chi connectivity index (χ3v) is 3.36. The molecule has 0 fully saturated rings. The van der Waals surface area contributed by atoms with Gasteiger partial charge in [-0.05, 0) is 36.6 Å². The zero-order valence-corrected chi connectivity index (χ0v) is 10.6. The molecule has 19 heavy (non-hydrogen) atoms. The maximum absolute atomic E-state index is 12.4. The Kier molecular flexibility index (Phi) is 2.91. The van der Waals surface area contributed by atoms with Crippen molar-refractivity contribution < 1.29 is 9.53 Å². The van der Waals surface area contributed by atoms with Crippen LogP contribution in [-0.4, -0.2) is 22.9 Å². The Morgan fingerprint density at radius 2 is 2.26 bits per heavy atom. The van der Waals surface area contributed by atoms with Gasteiger partial charge in [-0.3, -0.25) is 4.79 Å². The van der Waals surface area contributed by atoms with Crippen LogP contribution in [0.2, 0.25) is 0 Å². The van der Waals surface area contributed by atoms with Crippen molar-refractivity contribution in [1.29, 1.82) is 0 Å². The van der Waals surface area contributed by atoms with E-state index in [-0.39, 0.29) is 5.78 Å². The summed E-state index contributed by atoms with van der Waals surface area (Å²) in [5.74, 6) is 0.788. The fourth-order valence-corrected chi connectivity index (χ4v) is 2.33. The summed E-state index contributed by atoms with van der Waals surface area (Å²) in [6.45, 7) is 0. The zero-order valence-electron chi connectivity index (χ0n) is 10.6. The Hall–Kier alpha value is -2.36. The molecule has 1 aromatic heterocycles. The summed E-state index contributed by atoms with van der Waals surface area (Å²) >= 11 is 0. The minimum Gasteiger partial charge on any atom is -0.497 e. The van der Waals surface area contributed by atoms with Crippen LogP contribution >= 0.6 is 0 Å². The quantitative estimate of drug-likeness (QED) is 0.838. The lowest BCUT2D eigenvalue weighted by atomic mass is 9.86. The zero-order chi connectivity index (χ0) is 13.2. The van der Waals surface area contributed by atoms with Crippen LogP contribution in [0.15, 0.2) is 36.3 Å². The molecule has 0 bridgehead atoms. The van der Waals surface area contributed by atoms with Gasteiger partial charge in [0, 0.05) is 17.3 Å². The first kappa shape index (κ1) is 11.7. The number of carbonyl (C=O) groups is 1. The van der Waals surface area contributed by atoms with Gasteiger partial charge in [0.1, 0.15) is 5.75 Å². The van der Waals surface area contributed by atoms with Crippen molar-refractivity contribution in [2.24, 2.45) is 0 Å². The number of nitrogens with zero attached hydrogens (tertiary/aromatic N) is 1. The first-order valence-corrected chi connectivity index (χ1v) is 6.19. The second-order valence-electron chi connectivity index (χ2n) is 4.52. The average Bonchev–Trinajstić information content (AvgIpc) is 2.95. The van der Waals surface area contributed by atoms with Crippen molar-refractivity contribution in [3.63, 3.8) is 0 Å².